The number of aromatic nitrogens is 3. The molecule has 0 spiro atoms. The Morgan fingerprint density at radius 2 is 1.31 bits per heavy atom. The van der Waals surface area contributed by atoms with E-state index in [1.165, 1.54) is 44.6 Å². The number of fused-ring (bicyclic) bond motifs is 2. The Morgan fingerprint density at radius 3 is 1.95 bits per heavy atom. The molecule has 333 valence electrons. The zero-order chi connectivity index (χ0) is 45.0. The third kappa shape index (κ3) is 10.9. The normalized spacial score (nSPS) is 11.6. The molecule has 0 aliphatic heterocycles. The van der Waals surface area contributed by atoms with Gasteiger partial charge in [-0.05, 0) is 76.8 Å². The Labute approximate surface area is 403 Å². The molecule has 3 aromatic heterocycles. The topological polar surface area (TPSA) is 43.9 Å². The molecular formula is C59H61GeIrN3O-2. The van der Waals surface area contributed by atoms with E-state index >= 15 is 0 Å². The van der Waals surface area contributed by atoms with Crippen molar-refractivity contribution in [2.75, 3.05) is 0 Å². The predicted octanol–water partition coefficient (Wildman–Crippen LogP) is 15.2. The minimum absolute atomic E-state index is 0. The Hall–Kier alpha value is -5.33. The number of pyridine rings is 1. The van der Waals surface area contributed by atoms with Crippen molar-refractivity contribution in [3.8, 4) is 39.5 Å². The van der Waals surface area contributed by atoms with Crippen molar-refractivity contribution in [2.45, 2.75) is 89.9 Å². The van der Waals surface area contributed by atoms with Crippen LogP contribution in [0.4, 0.5) is 0 Å². The standard InChI is InChI=1S/C41H37N2O.C18H24GeN.Ir/c1-27(2)33-24-32(31-15-9-6-10-16-31)25-34(28(3)4)40(33)43-38-18-12-11-17-37(38)42-41(43)36-26-44-39-22-21-30(23-35(36)39)20-19-29-13-7-5-8-14-29;1-14(2)11-16-12-18(15-9-7-6-8-10-15)20-13-17(16)19(3,4)5;/h5-18,21-25,27-28H,19-20H2,1-4H3;6-9,12-14H,11H2,1-5H3;/q2*-1;. The molecule has 0 saturated carbocycles. The summed E-state index contributed by atoms with van der Waals surface area (Å²) in [5, 5.41) is 1.05. The van der Waals surface area contributed by atoms with E-state index in [-0.39, 0.29) is 20.1 Å². The maximum Gasteiger partial charge on any atom is 0.0774 e. The first-order chi connectivity index (χ1) is 30.9. The monoisotopic (exact) mass is 1090 g/mol. The molecule has 6 heteroatoms. The predicted molar refractivity (Wildman–Crippen MR) is 273 cm³/mol. The molecule has 4 nitrogen and oxygen atoms in total. The van der Waals surface area contributed by atoms with Crippen molar-refractivity contribution in [3.05, 3.63) is 192 Å². The van der Waals surface area contributed by atoms with Gasteiger partial charge in [-0.2, -0.15) is 0 Å². The van der Waals surface area contributed by atoms with Crippen molar-refractivity contribution < 1.29 is 24.5 Å². The van der Waals surface area contributed by atoms with Crippen LogP contribution in [0.15, 0.2) is 156 Å². The molecule has 0 fully saturated rings. The number of aryl methyl sites for hydroxylation is 2. The zero-order valence-electron chi connectivity index (χ0n) is 39.4. The van der Waals surface area contributed by atoms with Crippen LogP contribution in [0, 0.1) is 18.2 Å². The van der Waals surface area contributed by atoms with Gasteiger partial charge in [-0.3, -0.25) is 4.98 Å². The smallest absolute Gasteiger partial charge is 0.0774 e. The van der Waals surface area contributed by atoms with E-state index in [9.17, 15) is 0 Å². The molecule has 0 bridgehead atoms. The number of hydrogen-bond acceptors (Lipinski definition) is 3. The molecule has 0 amide bonds. The number of imidazole rings is 1. The minimum atomic E-state index is -1.86. The van der Waals surface area contributed by atoms with E-state index in [1.807, 2.05) is 18.2 Å². The molecule has 65 heavy (non-hydrogen) atoms. The second-order valence-electron chi connectivity index (χ2n) is 19.2. The molecule has 0 aliphatic carbocycles. The van der Waals surface area contributed by atoms with Crippen LogP contribution in [-0.2, 0) is 39.4 Å². The number of nitrogens with zero attached hydrogens (tertiary/aromatic N) is 3. The SMILES string of the molecule is CC(C)Cc1cc(-c2[c-]cccc2)nc[c]1[Ge]([CH3])([CH3])[CH3].CC(C)c1cc(-c2ccccc2)cc(C(C)C)c1-n1c(-c2[c-]oc3ccc(CCc4ccccc4)cc23)nc2ccccc21.[Ir]. The van der Waals surface area contributed by atoms with E-state index in [0.29, 0.717) is 17.8 Å². The van der Waals surface area contributed by atoms with Gasteiger partial charge in [0.05, 0.1) is 16.9 Å². The van der Waals surface area contributed by atoms with Crippen LogP contribution in [0.25, 0.3) is 61.5 Å². The minimum Gasteiger partial charge on any atom is -0.557 e. The van der Waals surface area contributed by atoms with Crippen LogP contribution in [0.1, 0.15) is 81.2 Å². The molecule has 9 rings (SSSR count). The fraction of sp³-hybridized carbons (Fsp3) is 0.254. The molecule has 0 N–H and O–H groups in total. The third-order valence-corrected chi connectivity index (χ3v) is 16.4. The van der Waals surface area contributed by atoms with Gasteiger partial charge in [0.1, 0.15) is 0 Å². The number of rotatable bonds is 12. The van der Waals surface area contributed by atoms with Crippen LogP contribution in [0.5, 0.6) is 0 Å². The maximum absolute atomic E-state index is 6.06. The first-order valence-electron chi connectivity index (χ1n) is 23.0. The van der Waals surface area contributed by atoms with Crippen molar-refractivity contribution in [2.24, 2.45) is 5.92 Å². The second-order valence-corrected chi connectivity index (χ2v) is 29.8. The molecule has 0 atom stereocenters. The van der Waals surface area contributed by atoms with Gasteiger partial charge in [-0.1, -0.05) is 135 Å². The van der Waals surface area contributed by atoms with Crippen molar-refractivity contribution in [1.29, 1.82) is 0 Å². The van der Waals surface area contributed by atoms with E-state index in [0.717, 1.165) is 63.9 Å². The summed E-state index contributed by atoms with van der Waals surface area (Å²) in [7, 11) is 0. The van der Waals surface area contributed by atoms with Crippen LogP contribution < -0.4 is 4.40 Å². The first-order valence-corrected chi connectivity index (χ1v) is 30.3. The largest absolute Gasteiger partial charge is 0.557 e. The zero-order valence-corrected chi connectivity index (χ0v) is 43.9. The molecule has 0 aliphatic rings. The molecule has 1 radical (unpaired) electrons. The summed E-state index contributed by atoms with van der Waals surface area (Å²) in [5.41, 5.74) is 16.3. The van der Waals surface area contributed by atoms with Crippen LogP contribution in [-0.4, -0.2) is 27.8 Å². The number of benzene rings is 6. The fourth-order valence-electron chi connectivity index (χ4n) is 8.79. The van der Waals surface area contributed by atoms with E-state index in [1.54, 1.807) is 4.40 Å². The van der Waals surface area contributed by atoms with Gasteiger partial charge >= 0.3 is 126 Å². The van der Waals surface area contributed by atoms with E-state index < -0.39 is 13.3 Å². The molecule has 3 heterocycles. The molecule has 9 aromatic rings. The molecular weight excluding hydrogens is 1030 g/mol. The van der Waals surface area contributed by atoms with Crippen molar-refractivity contribution >= 4 is 39.7 Å². The van der Waals surface area contributed by atoms with Gasteiger partial charge in [-0.15, -0.1) is 0 Å². The summed E-state index contributed by atoms with van der Waals surface area (Å²) < 4.78 is 9.97. The first kappa shape index (κ1) is 47.6. The van der Waals surface area contributed by atoms with E-state index in [4.69, 9.17) is 14.4 Å². The number of furan rings is 1. The fourth-order valence-corrected chi connectivity index (χ4v) is 12.1. The molecule has 0 saturated heterocycles. The van der Waals surface area contributed by atoms with Gasteiger partial charge in [0, 0.05) is 37.6 Å². The van der Waals surface area contributed by atoms with Gasteiger partial charge in [-0.25, -0.2) is 0 Å². The Balaban J connectivity index is 0.000000253. The van der Waals surface area contributed by atoms with Gasteiger partial charge in [0.15, 0.2) is 0 Å². The number of para-hydroxylation sites is 2. The summed E-state index contributed by atoms with van der Waals surface area (Å²) in [6, 6.07) is 54.7. The molecule has 6 aromatic carbocycles. The second kappa shape index (κ2) is 20.9. The van der Waals surface area contributed by atoms with Crippen LogP contribution in [0.3, 0.4) is 0 Å². The summed E-state index contributed by atoms with van der Waals surface area (Å²) in [6.45, 7) is 13.7. The Morgan fingerprint density at radius 1 is 0.662 bits per heavy atom. The summed E-state index contributed by atoms with van der Waals surface area (Å²) in [6.07, 6.45) is 8.50. The Kier molecular flexibility index (Phi) is 15.3. The Bertz CT molecular complexity index is 2950. The average molecular weight is 1090 g/mol. The van der Waals surface area contributed by atoms with Gasteiger partial charge < -0.3 is 8.98 Å². The van der Waals surface area contributed by atoms with E-state index in [2.05, 4.69) is 209 Å². The average Bonchev–Trinajstić information content (AvgIpc) is 3.89. The molecule has 0 unspecified atom stereocenters. The summed E-state index contributed by atoms with van der Waals surface area (Å²) in [5.74, 6) is 9.46. The number of hydrogen-bond donors (Lipinski definition) is 0. The summed E-state index contributed by atoms with van der Waals surface area (Å²) >= 11 is -1.86. The van der Waals surface area contributed by atoms with Crippen molar-refractivity contribution in [3.63, 3.8) is 0 Å². The van der Waals surface area contributed by atoms with Gasteiger partial charge in [0.2, 0.25) is 0 Å². The summed E-state index contributed by atoms with van der Waals surface area (Å²) in [4.78, 5) is 9.96. The van der Waals surface area contributed by atoms with Gasteiger partial charge in [0.25, 0.3) is 0 Å². The quantitative estimate of drug-likeness (QED) is 0.0904. The van der Waals surface area contributed by atoms with Crippen molar-refractivity contribution in [1.82, 2.24) is 14.5 Å². The van der Waals surface area contributed by atoms with Crippen LogP contribution >= 0.6 is 0 Å². The van der Waals surface area contributed by atoms with Crippen LogP contribution in [0.2, 0.25) is 17.3 Å². The maximum atomic E-state index is 6.06. The third-order valence-electron chi connectivity index (χ3n) is 12.1.